The summed E-state index contributed by atoms with van der Waals surface area (Å²) in [5.41, 5.74) is 26.8. The highest BCUT2D eigenvalue weighted by molar-refractivity contribution is 5.94. The van der Waals surface area contributed by atoms with Crippen LogP contribution in [0.4, 0.5) is 0 Å². The average Bonchev–Trinajstić information content (AvgIpc) is 0.768. The Morgan fingerprint density at radius 2 is 0.779 bits per heavy atom. The Balaban J connectivity index is 0.860. The first-order chi connectivity index (χ1) is 42.3. The maximum absolute atomic E-state index is 2.71. The molecule has 0 aliphatic carbocycles. The van der Waals surface area contributed by atoms with Crippen LogP contribution >= 0.6 is 0 Å². The molecule has 0 radical (unpaired) electrons. The average molecular weight is 1110 g/mol. The van der Waals surface area contributed by atoms with E-state index in [2.05, 4.69) is 333 Å². The fraction of sp³-hybridized carbons (Fsp3) is 0.119. The van der Waals surface area contributed by atoms with E-state index in [0.29, 0.717) is 5.92 Å². The van der Waals surface area contributed by atoms with Gasteiger partial charge >= 0.3 is 0 Å². The van der Waals surface area contributed by atoms with E-state index in [0.717, 1.165) is 36.9 Å². The van der Waals surface area contributed by atoms with E-state index in [1.807, 2.05) is 0 Å². The van der Waals surface area contributed by atoms with Crippen LogP contribution in [0, 0.1) is 0 Å². The summed E-state index contributed by atoms with van der Waals surface area (Å²) in [5, 5.41) is 2.61. The second-order valence-corrected chi connectivity index (χ2v) is 24.1. The Bertz CT molecular complexity index is 4420. The van der Waals surface area contributed by atoms with Crippen molar-refractivity contribution in [3.63, 3.8) is 0 Å². The summed E-state index contributed by atoms with van der Waals surface area (Å²) in [6.07, 6.45) is 7.76. The van der Waals surface area contributed by atoms with Gasteiger partial charge in [-0.2, -0.15) is 9.13 Å². The molecule has 0 amide bonds. The Hall–Kier alpha value is -10.0. The molecule has 2 aliphatic rings. The molecule has 15 rings (SSSR count). The van der Waals surface area contributed by atoms with Crippen molar-refractivity contribution in [3.05, 3.63) is 315 Å². The number of nitrogens with zero attached hydrogens (tertiary/aromatic N) is 2. The standard InChI is InChI=1S/C84H68N2/c1-4-83(3)80-41-40-65(55-79(80)81-39-22-23-43-86(81)84(83,5-2)56-75-57-85-44-42-62-33-18-19-37-77(62)82(85)78-38-21-20-36-76(75)78)63-34-24-35-64(45-63)70-52-73(71-48-66(58-25-10-6-11-26-58)46-67(49-71)59-27-12-7-13-28-59)54-74(53-70)72-50-68(60-29-14-8-15-30-60)47-69(51-72)61-31-16-9-17-32-61/h6-55,75H,4-5,56-57H2,1-3H3/q+2. The second-order valence-electron chi connectivity index (χ2n) is 24.1. The maximum atomic E-state index is 2.71. The molecule has 0 spiro atoms. The van der Waals surface area contributed by atoms with Crippen molar-refractivity contribution in [3.8, 4) is 112 Å². The van der Waals surface area contributed by atoms with Gasteiger partial charge in [-0.25, -0.2) is 0 Å². The highest BCUT2D eigenvalue weighted by Gasteiger charge is 2.60. The lowest BCUT2D eigenvalue weighted by Gasteiger charge is -2.49. The third-order valence-electron chi connectivity index (χ3n) is 19.5. The minimum absolute atomic E-state index is 0.174. The van der Waals surface area contributed by atoms with Crippen LogP contribution in [0.25, 0.3) is 122 Å². The first kappa shape index (κ1) is 52.8. The monoisotopic (exact) mass is 1100 g/mol. The van der Waals surface area contributed by atoms with Crippen molar-refractivity contribution in [2.24, 2.45) is 0 Å². The van der Waals surface area contributed by atoms with Gasteiger partial charge in [0.1, 0.15) is 0 Å². The largest absolute Gasteiger partial charge is 0.220 e. The topological polar surface area (TPSA) is 7.76 Å². The normalized spacial score (nSPS) is 16.6. The Morgan fingerprint density at radius 1 is 0.349 bits per heavy atom. The molecular formula is C84H68N2+2. The molecule has 0 fully saturated rings. The molecule has 86 heavy (non-hydrogen) atoms. The van der Waals surface area contributed by atoms with E-state index in [-0.39, 0.29) is 11.0 Å². The second kappa shape index (κ2) is 21.9. The Morgan fingerprint density at radius 3 is 1.31 bits per heavy atom. The molecule has 0 bridgehead atoms. The van der Waals surface area contributed by atoms with E-state index in [1.165, 1.54) is 122 Å². The van der Waals surface area contributed by atoms with E-state index in [4.69, 9.17) is 0 Å². The molecule has 2 aromatic heterocycles. The number of pyridine rings is 2. The molecule has 0 N–H and O–H groups in total. The van der Waals surface area contributed by atoms with Crippen molar-refractivity contribution in [1.82, 2.24) is 0 Å². The molecule has 0 saturated heterocycles. The summed E-state index contributed by atoms with van der Waals surface area (Å²) in [7, 11) is 0. The molecule has 2 heteroatoms. The van der Waals surface area contributed by atoms with Crippen LogP contribution in [0.15, 0.2) is 304 Å². The van der Waals surface area contributed by atoms with Gasteiger partial charge in [0.25, 0.3) is 0 Å². The van der Waals surface area contributed by atoms with Gasteiger partial charge in [-0.3, -0.25) is 0 Å². The molecule has 13 aromatic rings. The van der Waals surface area contributed by atoms with Gasteiger partial charge in [-0.15, -0.1) is 0 Å². The van der Waals surface area contributed by atoms with Gasteiger partial charge in [0.2, 0.25) is 11.4 Å². The summed E-state index contributed by atoms with van der Waals surface area (Å²) in [4.78, 5) is 0. The van der Waals surface area contributed by atoms with Crippen molar-refractivity contribution in [2.45, 2.75) is 63.5 Å². The zero-order valence-corrected chi connectivity index (χ0v) is 49.2. The first-order valence-corrected chi connectivity index (χ1v) is 30.8. The maximum Gasteiger partial charge on any atom is 0.220 e. The van der Waals surface area contributed by atoms with Crippen LogP contribution in [-0.2, 0) is 17.5 Å². The summed E-state index contributed by atoms with van der Waals surface area (Å²) >= 11 is 0. The van der Waals surface area contributed by atoms with Crippen molar-refractivity contribution < 1.29 is 9.13 Å². The minimum Gasteiger partial charge on any atom is -0.197 e. The fourth-order valence-electron chi connectivity index (χ4n) is 15.0. The third kappa shape index (κ3) is 9.20. The van der Waals surface area contributed by atoms with Gasteiger partial charge in [-0.1, -0.05) is 202 Å². The van der Waals surface area contributed by atoms with Crippen molar-refractivity contribution >= 4 is 10.8 Å². The Kier molecular flexibility index (Phi) is 13.4. The zero-order valence-electron chi connectivity index (χ0n) is 49.2. The van der Waals surface area contributed by atoms with Crippen LogP contribution < -0.4 is 9.13 Å². The fourth-order valence-corrected chi connectivity index (χ4v) is 15.0. The molecule has 0 saturated carbocycles. The van der Waals surface area contributed by atoms with Crippen LogP contribution in [-0.4, -0.2) is 0 Å². The highest BCUT2D eigenvalue weighted by Crippen LogP contribution is 2.55. The minimum atomic E-state index is -0.201. The molecule has 2 nitrogen and oxygen atoms in total. The van der Waals surface area contributed by atoms with E-state index < -0.39 is 0 Å². The Labute approximate surface area is 506 Å². The number of benzene rings is 11. The zero-order chi connectivity index (χ0) is 57.8. The van der Waals surface area contributed by atoms with E-state index in [1.54, 1.807) is 0 Å². The van der Waals surface area contributed by atoms with Crippen molar-refractivity contribution in [2.75, 3.05) is 0 Å². The van der Waals surface area contributed by atoms with Crippen LogP contribution in [0.3, 0.4) is 0 Å². The number of rotatable bonds is 12. The predicted molar refractivity (Wildman–Crippen MR) is 358 cm³/mol. The molecule has 4 heterocycles. The third-order valence-corrected chi connectivity index (χ3v) is 19.5. The van der Waals surface area contributed by atoms with Crippen LogP contribution in [0.1, 0.15) is 57.1 Å². The van der Waals surface area contributed by atoms with Gasteiger partial charge in [0.15, 0.2) is 24.5 Å². The van der Waals surface area contributed by atoms with Gasteiger partial charge in [0, 0.05) is 31.0 Å². The molecule has 2 aliphatic heterocycles. The molecule has 412 valence electrons. The smallest absolute Gasteiger partial charge is 0.197 e. The summed E-state index contributed by atoms with van der Waals surface area (Å²) in [5.74, 6) is 0.316. The lowest BCUT2D eigenvalue weighted by molar-refractivity contribution is -0.772. The number of fused-ring (bicyclic) bond motifs is 8. The lowest BCUT2D eigenvalue weighted by atomic mass is 9.56. The lowest BCUT2D eigenvalue weighted by Crippen LogP contribution is -2.69. The molecule has 11 aromatic carbocycles. The van der Waals surface area contributed by atoms with Crippen LogP contribution in [0.2, 0.25) is 0 Å². The number of hydrogen-bond donors (Lipinski definition) is 0. The van der Waals surface area contributed by atoms with Gasteiger partial charge in [0.05, 0.1) is 27.8 Å². The van der Waals surface area contributed by atoms with Crippen LogP contribution in [0.5, 0.6) is 0 Å². The summed E-state index contributed by atoms with van der Waals surface area (Å²) in [6.45, 7) is 8.38. The van der Waals surface area contributed by atoms with E-state index in [9.17, 15) is 0 Å². The molecular weight excluding hydrogens is 1040 g/mol. The van der Waals surface area contributed by atoms with E-state index >= 15 is 0 Å². The first-order valence-electron chi connectivity index (χ1n) is 30.8. The van der Waals surface area contributed by atoms with Gasteiger partial charge in [-0.05, 0) is 204 Å². The quantitative estimate of drug-likeness (QED) is 0.108. The number of hydrogen-bond acceptors (Lipinski definition) is 0. The van der Waals surface area contributed by atoms with Crippen molar-refractivity contribution in [1.29, 1.82) is 0 Å². The molecule has 3 atom stereocenters. The predicted octanol–water partition coefficient (Wildman–Crippen LogP) is 21.1. The summed E-state index contributed by atoms with van der Waals surface area (Å²) < 4.78 is 5.25. The van der Waals surface area contributed by atoms with Gasteiger partial charge < -0.3 is 0 Å². The SMILES string of the molecule is CCC1(C)c2ccc(-c3cccc(-c4cc(-c5cc(-c6ccccc6)cc(-c6ccccc6)c5)cc(-c5cc(-c6ccccc6)cc(-c6ccccc6)c5)c4)c3)cc2-c2cccc[n+]2C1(CC)CC1C[n+]2ccc3ccccc3c2-c2ccccc21. The summed E-state index contributed by atoms with van der Waals surface area (Å²) in [6, 6.07) is 109. The number of aromatic nitrogens is 2. The molecule has 3 unspecified atom stereocenters. The highest BCUT2D eigenvalue weighted by atomic mass is 15.1.